The molecule has 0 saturated heterocycles. The molecule has 3 nitrogen and oxygen atoms in total. The van der Waals surface area contributed by atoms with Crippen LogP contribution in [0.1, 0.15) is 0 Å². The minimum atomic E-state index is 0.964. The van der Waals surface area contributed by atoms with Gasteiger partial charge in [-0.3, -0.25) is 4.98 Å². The van der Waals surface area contributed by atoms with Crippen LogP contribution in [0.15, 0.2) is 126 Å². The number of thiophene rings is 1. The van der Waals surface area contributed by atoms with Crippen LogP contribution >= 0.6 is 22.7 Å². The van der Waals surface area contributed by atoms with Crippen LogP contribution < -0.4 is 0 Å². The molecule has 4 aromatic carbocycles. The monoisotopic (exact) mass is 535 g/mol. The predicted molar refractivity (Wildman–Crippen MR) is 166 cm³/mol. The first kappa shape index (κ1) is 22.4. The maximum Gasteiger partial charge on any atom is 0.124 e. The van der Waals surface area contributed by atoms with Gasteiger partial charge in [-0.2, -0.15) is 11.3 Å². The van der Waals surface area contributed by atoms with Crippen molar-refractivity contribution in [1.82, 2.24) is 14.5 Å². The fourth-order valence-corrected chi connectivity index (χ4v) is 7.05. The molecule has 0 aliphatic rings. The van der Waals surface area contributed by atoms with Gasteiger partial charge in [0.2, 0.25) is 0 Å². The van der Waals surface area contributed by atoms with Gasteiger partial charge in [0.25, 0.3) is 0 Å². The molecule has 0 amide bonds. The van der Waals surface area contributed by atoms with Crippen LogP contribution in [0.25, 0.3) is 70.7 Å². The molecular weight excluding hydrogens is 515 g/mol. The Morgan fingerprint density at radius 1 is 0.641 bits per heavy atom. The van der Waals surface area contributed by atoms with E-state index in [1.807, 2.05) is 24.4 Å². The summed E-state index contributed by atoms with van der Waals surface area (Å²) in [6.45, 7) is 0. The number of aromatic nitrogens is 3. The highest BCUT2D eigenvalue weighted by molar-refractivity contribution is 7.21. The molecule has 0 fully saturated rings. The lowest BCUT2D eigenvalue weighted by molar-refractivity contribution is 1.18. The lowest BCUT2D eigenvalue weighted by Gasteiger charge is -2.15. The second-order valence-corrected chi connectivity index (χ2v) is 11.3. The van der Waals surface area contributed by atoms with Crippen LogP contribution in [-0.2, 0) is 0 Å². The highest BCUT2D eigenvalue weighted by Gasteiger charge is 2.18. The molecule has 0 atom stereocenters. The van der Waals surface area contributed by atoms with Crippen molar-refractivity contribution in [3.05, 3.63) is 126 Å². The normalized spacial score (nSPS) is 11.6. The van der Waals surface area contributed by atoms with Gasteiger partial charge in [-0.25, -0.2) is 4.98 Å². The lowest BCUT2D eigenvalue weighted by atomic mass is 10.0. The largest absolute Gasteiger partial charge is 0.309 e. The van der Waals surface area contributed by atoms with Crippen LogP contribution in [-0.4, -0.2) is 14.5 Å². The average Bonchev–Trinajstić information content (AvgIpc) is 3.75. The van der Waals surface area contributed by atoms with Crippen LogP contribution in [0, 0.1) is 0 Å². The second kappa shape index (κ2) is 9.02. The Morgan fingerprint density at radius 3 is 2.36 bits per heavy atom. The molecule has 0 radical (unpaired) electrons. The molecular formula is C34H21N3S2. The quantitative estimate of drug-likeness (QED) is 0.224. The molecule has 0 aliphatic heterocycles. The molecule has 8 aromatic rings. The number of thiazole rings is 1. The molecule has 4 heterocycles. The SMILES string of the molecule is c1ccc(-c2ccc(-c3ccsc3)c(-n3c4ccccc4c4ccc(-c5nc6ccccc6s5)cc43)c2)nc1. The molecule has 0 spiro atoms. The van der Waals surface area contributed by atoms with E-state index in [2.05, 4.69) is 111 Å². The van der Waals surface area contributed by atoms with Gasteiger partial charge in [-0.05, 0) is 64.9 Å². The van der Waals surface area contributed by atoms with E-state index in [1.54, 1.807) is 22.7 Å². The third-order valence-electron chi connectivity index (χ3n) is 7.25. The summed E-state index contributed by atoms with van der Waals surface area (Å²) < 4.78 is 3.62. The van der Waals surface area contributed by atoms with Gasteiger partial charge < -0.3 is 4.57 Å². The number of nitrogens with zero attached hydrogens (tertiary/aromatic N) is 3. The van der Waals surface area contributed by atoms with Crippen LogP contribution in [0.2, 0.25) is 0 Å². The molecule has 0 bridgehead atoms. The van der Waals surface area contributed by atoms with Crippen molar-refractivity contribution in [2.45, 2.75) is 0 Å². The van der Waals surface area contributed by atoms with Gasteiger partial charge in [-0.1, -0.05) is 60.7 Å². The predicted octanol–water partition coefficient (Wildman–Crippen LogP) is 9.85. The molecule has 0 N–H and O–H groups in total. The van der Waals surface area contributed by atoms with Gasteiger partial charge in [-0.15, -0.1) is 11.3 Å². The van der Waals surface area contributed by atoms with E-state index in [4.69, 9.17) is 4.98 Å². The highest BCUT2D eigenvalue weighted by Crippen LogP contribution is 2.40. The Bertz CT molecular complexity index is 2090. The van der Waals surface area contributed by atoms with E-state index in [1.165, 1.54) is 37.6 Å². The summed E-state index contributed by atoms with van der Waals surface area (Å²) in [4.78, 5) is 9.61. The molecule has 8 rings (SSSR count). The van der Waals surface area contributed by atoms with E-state index in [0.29, 0.717) is 0 Å². The Balaban J connectivity index is 1.44. The number of rotatable bonds is 4. The van der Waals surface area contributed by atoms with Gasteiger partial charge in [0.1, 0.15) is 5.01 Å². The van der Waals surface area contributed by atoms with Crippen molar-refractivity contribution in [1.29, 1.82) is 0 Å². The summed E-state index contributed by atoms with van der Waals surface area (Å²) in [5, 5.41) is 7.87. The van der Waals surface area contributed by atoms with Gasteiger partial charge >= 0.3 is 0 Å². The summed E-state index contributed by atoms with van der Waals surface area (Å²) in [6.07, 6.45) is 1.85. The molecule has 0 unspecified atom stereocenters. The van der Waals surface area contributed by atoms with Crippen molar-refractivity contribution in [3.63, 3.8) is 0 Å². The van der Waals surface area contributed by atoms with Crippen molar-refractivity contribution in [3.8, 4) is 38.6 Å². The molecule has 5 heteroatoms. The van der Waals surface area contributed by atoms with Crippen LogP contribution in [0.5, 0.6) is 0 Å². The zero-order valence-corrected chi connectivity index (χ0v) is 22.4. The van der Waals surface area contributed by atoms with Crippen molar-refractivity contribution in [2.24, 2.45) is 0 Å². The van der Waals surface area contributed by atoms with Crippen molar-refractivity contribution >= 4 is 54.7 Å². The Morgan fingerprint density at radius 2 is 1.49 bits per heavy atom. The van der Waals surface area contributed by atoms with E-state index in [0.717, 1.165) is 33.0 Å². The molecule has 0 saturated carbocycles. The van der Waals surface area contributed by atoms with Gasteiger partial charge in [0.15, 0.2) is 0 Å². The Hall–Kier alpha value is -4.58. The number of pyridine rings is 1. The van der Waals surface area contributed by atoms with E-state index in [9.17, 15) is 0 Å². The van der Waals surface area contributed by atoms with Crippen LogP contribution in [0.3, 0.4) is 0 Å². The standard InChI is InChI=1S/C34H21N3S2/c1-3-10-30-26(7-1)27-15-13-23(34-36-29-9-2-4-11-33(29)39-34)20-32(27)37(30)31-19-22(28-8-5-6-17-35-28)12-14-25(31)24-16-18-38-21-24/h1-21H. The zero-order chi connectivity index (χ0) is 25.8. The summed E-state index contributed by atoms with van der Waals surface area (Å²) in [7, 11) is 0. The minimum absolute atomic E-state index is 0.964. The fraction of sp³-hybridized carbons (Fsp3) is 0. The van der Waals surface area contributed by atoms with Crippen molar-refractivity contribution in [2.75, 3.05) is 0 Å². The first-order valence-corrected chi connectivity index (χ1v) is 14.6. The van der Waals surface area contributed by atoms with E-state index >= 15 is 0 Å². The molecule has 0 aliphatic carbocycles. The van der Waals surface area contributed by atoms with E-state index in [-0.39, 0.29) is 0 Å². The summed E-state index contributed by atoms with van der Waals surface area (Å²) >= 11 is 3.46. The Kier molecular flexibility index (Phi) is 5.18. The second-order valence-electron chi connectivity index (χ2n) is 9.53. The third kappa shape index (κ3) is 3.70. The molecule has 184 valence electrons. The maximum absolute atomic E-state index is 4.96. The topological polar surface area (TPSA) is 30.7 Å². The van der Waals surface area contributed by atoms with Gasteiger partial charge in [0, 0.05) is 33.7 Å². The fourth-order valence-electron chi connectivity index (χ4n) is 5.43. The first-order valence-electron chi connectivity index (χ1n) is 12.8. The number of hydrogen-bond acceptors (Lipinski definition) is 4. The third-order valence-corrected chi connectivity index (χ3v) is 9.01. The highest BCUT2D eigenvalue weighted by atomic mass is 32.1. The zero-order valence-electron chi connectivity index (χ0n) is 20.8. The summed E-state index contributed by atoms with van der Waals surface area (Å²) in [5.74, 6) is 0. The summed E-state index contributed by atoms with van der Waals surface area (Å²) in [6, 6.07) is 38.8. The maximum atomic E-state index is 4.96. The average molecular weight is 536 g/mol. The number of benzene rings is 4. The summed E-state index contributed by atoms with van der Waals surface area (Å²) in [5.41, 5.74) is 10.1. The lowest BCUT2D eigenvalue weighted by Crippen LogP contribution is -1.98. The molecule has 4 aromatic heterocycles. The number of para-hydroxylation sites is 2. The van der Waals surface area contributed by atoms with Crippen molar-refractivity contribution < 1.29 is 0 Å². The number of hydrogen-bond donors (Lipinski definition) is 0. The smallest absolute Gasteiger partial charge is 0.124 e. The molecule has 39 heavy (non-hydrogen) atoms. The van der Waals surface area contributed by atoms with Crippen LogP contribution in [0.4, 0.5) is 0 Å². The number of fused-ring (bicyclic) bond motifs is 4. The van der Waals surface area contributed by atoms with Gasteiger partial charge in [0.05, 0.1) is 32.6 Å². The van der Waals surface area contributed by atoms with E-state index < -0.39 is 0 Å². The minimum Gasteiger partial charge on any atom is -0.309 e. The first-order chi connectivity index (χ1) is 19.3. The Labute approximate surface area is 233 Å².